The van der Waals surface area contributed by atoms with Crippen molar-refractivity contribution in [2.75, 3.05) is 6.61 Å². The Morgan fingerprint density at radius 1 is 0.971 bits per heavy atom. The monoisotopic (exact) mass is 522 g/mol. The van der Waals surface area contributed by atoms with E-state index in [1.54, 1.807) is 32.9 Å². The first-order valence-electron chi connectivity index (χ1n) is 11.2. The third kappa shape index (κ3) is 5.65. The highest BCUT2D eigenvalue weighted by atomic mass is 79.9. The summed E-state index contributed by atoms with van der Waals surface area (Å²) < 4.78 is 11.8. The number of esters is 1. The van der Waals surface area contributed by atoms with Gasteiger partial charge in [-0.3, -0.25) is 0 Å². The molecule has 1 aromatic heterocycles. The van der Waals surface area contributed by atoms with Crippen molar-refractivity contribution < 1.29 is 19.1 Å². The normalized spacial score (nSPS) is 13.5. The number of amides is 1. The van der Waals surface area contributed by atoms with Crippen LogP contribution in [0.25, 0.3) is 11.1 Å². The number of carbonyl (C=O) groups excluding carboxylic acids is 2. The fourth-order valence-corrected chi connectivity index (χ4v) is 4.50. The molecule has 0 saturated carbocycles. The number of aromatic nitrogens is 1. The van der Waals surface area contributed by atoms with Gasteiger partial charge in [-0.15, -0.1) is 0 Å². The number of carbonyl (C=O) groups is 2. The Morgan fingerprint density at radius 2 is 1.59 bits per heavy atom. The SMILES string of the molecule is CC(C)(C)OC(=O)[C@H](Cc1cccc(Br)n1)NC(=O)OCC1c2ccccc2-c2ccccc21. The van der Waals surface area contributed by atoms with Crippen LogP contribution >= 0.6 is 15.9 Å². The largest absolute Gasteiger partial charge is 0.458 e. The molecule has 3 aromatic rings. The summed E-state index contributed by atoms with van der Waals surface area (Å²) in [5.74, 6) is -0.604. The number of benzene rings is 2. The van der Waals surface area contributed by atoms with E-state index in [2.05, 4.69) is 50.5 Å². The lowest BCUT2D eigenvalue weighted by Crippen LogP contribution is -2.46. The molecule has 2 aromatic carbocycles. The fourth-order valence-electron chi connectivity index (χ4n) is 4.12. The van der Waals surface area contributed by atoms with E-state index in [0.29, 0.717) is 10.3 Å². The number of fused-ring (bicyclic) bond motifs is 3. The molecule has 0 unspecified atom stereocenters. The average Bonchev–Trinajstić information content (AvgIpc) is 3.10. The Morgan fingerprint density at radius 3 is 2.18 bits per heavy atom. The minimum Gasteiger partial charge on any atom is -0.458 e. The van der Waals surface area contributed by atoms with E-state index in [-0.39, 0.29) is 18.9 Å². The molecule has 6 nitrogen and oxygen atoms in total. The van der Waals surface area contributed by atoms with Gasteiger partial charge in [0.25, 0.3) is 0 Å². The van der Waals surface area contributed by atoms with Crippen molar-refractivity contribution in [1.29, 1.82) is 0 Å². The lowest BCUT2D eigenvalue weighted by molar-refractivity contribution is -0.157. The summed E-state index contributed by atoms with van der Waals surface area (Å²) in [5, 5.41) is 2.69. The number of ether oxygens (including phenoxy) is 2. The Hall–Kier alpha value is -3.19. The minimum atomic E-state index is -0.934. The zero-order valence-corrected chi connectivity index (χ0v) is 21.0. The lowest BCUT2D eigenvalue weighted by atomic mass is 9.98. The van der Waals surface area contributed by atoms with E-state index in [4.69, 9.17) is 9.47 Å². The van der Waals surface area contributed by atoms with Crippen LogP contribution in [0.3, 0.4) is 0 Å². The second kappa shape index (κ2) is 9.97. The van der Waals surface area contributed by atoms with Crippen molar-refractivity contribution in [2.24, 2.45) is 0 Å². The zero-order chi connectivity index (χ0) is 24.3. The molecule has 0 bridgehead atoms. The second-order valence-electron chi connectivity index (χ2n) is 9.21. The van der Waals surface area contributed by atoms with Gasteiger partial charge >= 0.3 is 12.1 Å². The molecule has 1 aliphatic rings. The molecule has 0 saturated heterocycles. The Bertz CT molecular complexity index is 1160. The van der Waals surface area contributed by atoms with Gasteiger partial charge in [0.1, 0.15) is 22.9 Å². The Labute approximate surface area is 207 Å². The third-order valence-electron chi connectivity index (χ3n) is 5.51. The molecule has 0 aliphatic heterocycles. The molecule has 0 spiro atoms. The van der Waals surface area contributed by atoms with Crippen molar-refractivity contribution in [2.45, 2.75) is 44.8 Å². The van der Waals surface area contributed by atoms with Crippen LogP contribution in [-0.2, 0) is 20.7 Å². The quantitative estimate of drug-likeness (QED) is 0.335. The summed E-state index contributed by atoms with van der Waals surface area (Å²) in [6, 6.07) is 20.8. The summed E-state index contributed by atoms with van der Waals surface area (Å²) in [6.45, 7) is 5.52. The van der Waals surface area contributed by atoms with Gasteiger partial charge in [-0.1, -0.05) is 54.6 Å². The summed E-state index contributed by atoms with van der Waals surface area (Å²) in [7, 11) is 0. The van der Waals surface area contributed by atoms with Crippen molar-refractivity contribution >= 4 is 28.0 Å². The Balaban J connectivity index is 1.47. The van der Waals surface area contributed by atoms with Gasteiger partial charge in [0.2, 0.25) is 0 Å². The lowest BCUT2D eigenvalue weighted by Gasteiger charge is -2.24. The fraction of sp³-hybridized carbons (Fsp3) is 0.296. The zero-order valence-electron chi connectivity index (χ0n) is 19.4. The van der Waals surface area contributed by atoms with Crippen LogP contribution in [0.2, 0.25) is 0 Å². The molecule has 34 heavy (non-hydrogen) atoms. The number of nitrogens with zero attached hydrogens (tertiary/aromatic N) is 1. The van der Waals surface area contributed by atoms with Crippen molar-refractivity contribution in [3.05, 3.63) is 88.2 Å². The van der Waals surface area contributed by atoms with E-state index >= 15 is 0 Å². The number of pyridine rings is 1. The maximum atomic E-state index is 12.8. The van der Waals surface area contributed by atoms with Crippen LogP contribution in [-0.4, -0.2) is 35.3 Å². The number of halogens is 1. The molecule has 1 heterocycles. The van der Waals surface area contributed by atoms with E-state index in [9.17, 15) is 9.59 Å². The molecule has 176 valence electrons. The minimum absolute atomic E-state index is 0.0649. The predicted molar refractivity (Wildman–Crippen MR) is 133 cm³/mol. The van der Waals surface area contributed by atoms with Crippen molar-refractivity contribution in [3.63, 3.8) is 0 Å². The molecule has 1 N–H and O–H groups in total. The number of nitrogens with one attached hydrogen (secondary N) is 1. The van der Waals surface area contributed by atoms with Gasteiger partial charge in [0, 0.05) is 18.0 Å². The van der Waals surface area contributed by atoms with Gasteiger partial charge in [-0.25, -0.2) is 14.6 Å². The summed E-state index contributed by atoms with van der Waals surface area (Å²) >= 11 is 3.34. The van der Waals surface area contributed by atoms with Crippen LogP contribution < -0.4 is 5.32 Å². The molecule has 1 atom stereocenters. The van der Waals surface area contributed by atoms with Gasteiger partial charge in [-0.2, -0.15) is 0 Å². The second-order valence-corrected chi connectivity index (χ2v) is 10.0. The summed E-state index contributed by atoms with van der Waals surface area (Å²) in [5.41, 5.74) is 4.50. The van der Waals surface area contributed by atoms with Crippen LogP contribution in [0, 0.1) is 0 Å². The average molecular weight is 523 g/mol. The van der Waals surface area contributed by atoms with E-state index in [0.717, 1.165) is 22.3 Å². The highest BCUT2D eigenvalue weighted by Gasteiger charge is 2.31. The van der Waals surface area contributed by atoms with Crippen LogP contribution in [0.15, 0.2) is 71.3 Å². The predicted octanol–water partition coefficient (Wildman–Crippen LogP) is 5.64. The van der Waals surface area contributed by atoms with E-state index in [1.807, 2.05) is 30.3 Å². The topological polar surface area (TPSA) is 77.5 Å². The maximum absolute atomic E-state index is 12.8. The third-order valence-corrected chi connectivity index (χ3v) is 5.95. The van der Waals surface area contributed by atoms with Crippen LogP contribution in [0.5, 0.6) is 0 Å². The highest BCUT2D eigenvalue weighted by molar-refractivity contribution is 9.10. The smallest absolute Gasteiger partial charge is 0.407 e. The van der Waals surface area contributed by atoms with Crippen LogP contribution in [0.4, 0.5) is 4.79 Å². The molecule has 1 amide bonds. The van der Waals surface area contributed by atoms with Crippen LogP contribution in [0.1, 0.15) is 43.5 Å². The maximum Gasteiger partial charge on any atom is 0.407 e. The van der Waals surface area contributed by atoms with Gasteiger partial charge in [0.15, 0.2) is 0 Å². The highest BCUT2D eigenvalue weighted by Crippen LogP contribution is 2.44. The van der Waals surface area contributed by atoms with Gasteiger partial charge in [0.05, 0.1) is 0 Å². The summed E-state index contributed by atoms with van der Waals surface area (Å²) in [4.78, 5) is 30.0. The molecule has 1 aliphatic carbocycles. The Kier molecular flexibility index (Phi) is 7.03. The van der Waals surface area contributed by atoms with Gasteiger partial charge < -0.3 is 14.8 Å². The summed E-state index contributed by atoms with van der Waals surface area (Å²) in [6.07, 6.45) is -0.494. The molecule has 0 fully saturated rings. The van der Waals surface area contributed by atoms with Gasteiger partial charge in [-0.05, 0) is 71.1 Å². The first-order chi connectivity index (χ1) is 16.2. The van der Waals surface area contributed by atoms with Crippen molar-refractivity contribution in [1.82, 2.24) is 10.3 Å². The number of rotatable bonds is 6. The number of hydrogen-bond donors (Lipinski definition) is 1. The molecular formula is C27H27BrN2O4. The number of hydrogen-bond acceptors (Lipinski definition) is 5. The molecule has 0 radical (unpaired) electrons. The number of alkyl carbamates (subject to hydrolysis) is 1. The standard InChI is InChI=1S/C27H27BrN2O4/c1-27(2,3)34-25(31)23(15-17-9-8-14-24(28)29-17)30-26(32)33-16-22-20-12-6-4-10-18(20)19-11-5-7-13-21(19)22/h4-14,22-23H,15-16H2,1-3H3,(H,30,32)/t23-/m0/s1. The first kappa shape index (κ1) is 24.0. The molecular weight excluding hydrogens is 496 g/mol. The first-order valence-corrected chi connectivity index (χ1v) is 12.0. The molecule has 4 rings (SSSR count). The van der Waals surface area contributed by atoms with Crippen molar-refractivity contribution in [3.8, 4) is 11.1 Å². The van der Waals surface area contributed by atoms with E-state index < -0.39 is 23.7 Å². The molecule has 7 heteroatoms. The van der Waals surface area contributed by atoms with E-state index in [1.165, 1.54) is 0 Å².